The number of carbonyl (C=O) groups is 1. The van der Waals surface area contributed by atoms with E-state index >= 15 is 0 Å². The molecule has 0 radical (unpaired) electrons. The Bertz CT molecular complexity index is 511. The average Bonchev–Trinajstić information content (AvgIpc) is 3.01. The summed E-state index contributed by atoms with van der Waals surface area (Å²) in [5.74, 6) is -0.0842. The van der Waals surface area contributed by atoms with Crippen molar-refractivity contribution in [2.45, 2.75) is 50.7 Å². The fraction of sp³-hybridized carbons (Fsp3) is 0.562. The van der Waals surface area contributed by atoms with Gasteiger partial charge in [-0.2, -0.15) is 0 Å². The lowest BCUT2D eigenvalue weighted by atomic mass is 9.98. The zero-order valence-corrected chi connectivity index (χ0v) is 11.9. The van der Waals surface area contributed by atoms with Gasteiger partial charge in [0.15, 0.2) is 0 Å². The van der Waals surface area contributed by atoms with Crippen LogP contribution in [0.25, 0.3) is 0 Å². The predicted octanol–water partition coefficient (Wildman–Crippen LogP) is 2.98. The van der Waals surface area contributed by atoms with Crippen LogP contribution in [0.4, 0.5) is 4.39 Å². The first-order valence-electron chi connectivity index (χ1n) is 7.51. The van der Waals surface area contributed by atoms with Crippen LogP contribution >= 0.6 is 0 Å². The molecule has 1 saturated carbocycles. The molecule has 1 N–H and O–H groups in total. The van der Waals surface area contributed by atoms with Gasteiger partial charge in [-0.15, -0.1) is 0 Å². The predicted molar refractivity (Wildman–Crippen MR) is 75.5 cm³/mol. The highest BCUT2D eigenvalue weighted by atomic mass is 19.1. The van der Waals surface area contributed by atoms with Gasteiger partial charge in [-0.25, -0.2) is 4.39 Å². The molecule has 4 heteroatoms. The summed E-state index contributed by atoms with van der Waals surface area (Å²) < 4.78 is 14.1. The van der Waals surface area contributed by atoms with Gasteiger partial charge in [-0.1, -0.05) is 38.0 Å². The van der Waals surface area contributed by atoms with Gasteiger partial charge in [0.2, 0.25) is 5.91 Å². The summed E-state index contributed by atoms with van der Waals surface area (Å²) in [6.07, 6.45) is 4.45. The van der Waals surface area contributed by atoms with Crippen LogP contribution in [0.3, 0.4) is 0 Å². The normalized spacial score (nSPS) is 24.8. The van der Waals surface area contributed by atoms with E-state index in [-0.39, 0.29) is 17.9 Å². The van der Waals surface area contributed by atoms with E-state index < -0.39 is 5.54 Å². The fourth-order valence-electron chi connectivity index (χ4n) is 3.54. The van der Waals surface area contributed by atoms with Gasteiger partial charge in [0.05, 0.1) is 5.54 Å². The van der Waals surface area contributed by atoms with Crippen LogP contribution in [-0.2, 0) is 4.79 Å². The summed E-state index contributed by atoms with van der Waals surface area (Å²) >= 11 is 0. The Hall–Kier alpha value is -1.42. The molecule has 3 nitrogen and oxygen atoms in total. The molecular formula is C16H21FN2O. The van der Waals surface area contributed by atoms with Crippen LogP contribution in [0.2, 0.25) is 0 Å². The van der Waals surface area contributed by atoms with Gasteiger partial charge in [0.25, 0.3) is 0 Å². The maximum absolute atomic E-state index is 14.1. The molecule has 20 heavy (non-hydrogen) atoms. The van der Waals surface area contributed by atoms with Crippen molar-refractivity contribution in [3.63, 3.8) is 0 Å². The molecule has 1 aromatic rings. The largest absolute Gasteiger partial charge is 0.321 e. The van der Waals surface area contributed by atoms with Gasteiger partial charge in [-0.05, 0) is 25.3 Å². The molecule has 3 rings (SSSR count). The maximum atomic E-state index is 14.1. The first kappa shape index (κ1) is 13.6. The van der Waals surface area contributed by atoms with Crippen molar-refractivity contribution in [2.75, 3.05) is 6.54 Å². The highest BCUT2D eigenvalue weighted by Crippen LogP contribution is 2.41. The molecule has 1 unspecified atom stereocenters. The summed E-state index contributed by atoms with van der Waals surface area (Å²) in [4.78, 5) is 14.6. The first-order valence-corrected chi connectivity index (χ1v) is 7.51. The Morgan fingerprint density at radius 3 is 2.70 bits per heavy atom. The Morgan fingerprint density at radius 1 is 1.35 bits per heavy atom. The van der Waals surface area contributed by atoms with Gasteiger partial charge in [0, 0.05) is 12.1 Å². The minimum Gasteiger partial charge on any atom is -0.321 e. The molecule has 2 aliphatic rings. The van der Waals surface area contributed by atoms with Crippen molar-refractivity contribution >= 4 is 5.91 Å². The molecule has 1 amide bonds. The van der Waals surface area contributed by atoms with Gasteiger partial charge in [0.1, 0.15) is 12.0 Å². The number of hydrogen-bond acceptors (Lipinski definition) is 2. The third-order valence-corrected chi connectivity index (χ3v) is 4.52. The second kappa shape index (κ2) is 5.17. The van der Waals surface area contributed by atoms with Crippen LogP contribution in [0.5, 0.6) is 0 Å². The topological polar surface area (TPSA) is 32.3 Å². The van der Waals surface area contributed by atoms with Crippen molar-refractivity contribution in [1.82, 2.24) is 10.2 Å². The second-order valence-corrected chi connectivity index (χ2v) is 5.86. The van der Waals surface area contributed by atoms with Crippen molar-refractivity contribution in [3.8, 4) is 0 Å². The summed E-state index contributed by atoms with van der Waals surface area (Å²) in [5, 5.41) is 3.44. The molecule has 0 bridgehead atoms. The van der Waals surface area contributed by atoms with E-state index in [9.17, 15) is 9.18 Å². The van der Waals surface area contributed by atoms with E-state index in [0.717, 1.165) is 32.1 Å². The molecule has 1 saturated heterocycles. The van der Waals surface area contributed by atoms with Gasteiger partial charge in [-0.3, -0.25) is 10.1 Å². The highest BCUT2D eigenvalue weighted by Gasteiger charge is 2.52. The lowest BCUT2D eigenvalue weighted by Gasteiger charge is -2.24. The van der Waals surface area contributed by atoms with Gasteiger partial charge >= 0.3 is 0 Å². The first-order chi connectivity index (χ1) is 9.68. The third kappa shape index (κ3) is 2.03. The molecule has 1 heterocycles. The lowest BCUT2D eigenvalue weighted by Crippen LogP contribution is -2.44. The van der Waals surface area contributed by atoms with Crippen molar-refractivity contribution in [3.05, 3.63) is 35.6 Å². The highest BCUT2D eigenvalue weighted by molar-refractivity contribution is 5.89. The Labute approximate surface area is 119 Å². The second-order valence-electron chi connectivity index (χ2n) is 5.86. The molecular weight excluding hydrogens is 255 g/mol. The average molecular weight is 276 g/mol. The van der Waals surface area contributed by atoms with E-state index in [1.54, 1.807) is 12.1 Å². The number of nitrogens with one attached hydrogen (secondary N) is 1. The number of nitrogens with zero attached hydrogens (tertiary/aromatic N) is 1. The van der Waals surface area contributed by atoms with Crippen molar-refractivity contribution < 1.29 is 9.18 Å². The van der Waals surface area contributed by atoms with E-state index in [1.165, 1.54) is 6.07 Å². The lowest BCUT2D eigenvalue weighted by molar-refractivity contribution is -0.133. The molecule has 1 aliphatic heterocycles. The number of benzene rings is 1. The maximum Gasteiger partial charge on any atom is 0.244 e. The zero-order valence-electron chi connectivity index (χ0n) is 11.9. The number of amides is 1. The summed E-state index contributed by atoms with van der Waals surface area (Å²) in [7, 11) is 0. The minimum atomic E-state index is -0.442. The Kier molecular flexibility index (Phi) is 3.50. The SMILES string of the molecule is CCCN1C(=O)C2(CCCC2)NC1c1ccccc1F. The van der Waals surface area contributed by atoms with E-state index in [2.05, 4.69) is 5.32 Å². The summed E-state index contributed by atoms with van der Waals surface area (Å²) in [5.41, 5.74) is 0.139. The number of carbonyl (C=O) groups excluding carboxylic acids is 1. The molecule has 1 spiro atoms. The monoisotopic (exact) mass is 276 g/mol. The van der Waals surface area contributed by atoms with E-state index in [1.807, 2.05) is 17.9 Å². The minimum absolute atomic E-state index is 0.158. The number of rotatable bonds is 3. The van der Waals surface area contributed by atoms with Crippen molar-refractivity contribution in [1.29, 1.82) is 0 Å². The van der Waals surface area contributed by atoms with Crippen LogP contribution in [0, 0.1) is 5.82 Å². The molecule has 1 aromatic carbocycles. The smallest absolute Gasteiger partial charge is 0.244 e. The van der Waals surface area contributed by atoms with Crippen LogP contribution < -0.4 is 5.32 Å². The van der Waals surface area contributed by atoms with Crippen LogP contribution in [0.15, 0.2) is 24.3 Å². The summed E-state index contributed by atoms with van der Waals surface area (Å²) in [6, 6.07) is 6.75. The third-order valence-electron chi connectivity index (χ3n) is 4.52. The van der Waals surface area contributed by atoms with Crippen LogP contribution in [-0.4, -0.2) is 22.9 Å². The molecule has 108 valence electrons. The Morgan fingerprint density at radius 2 is 2.05 bits per heavy atom. The van der Waals surface area contributed by atoms with Gasteiger partial charge < -0.3 is 4.90 Å². The van der Waals surface area contributed by atoms with E-state index in [4.69, 9.17) is 0 Å². The zero-order chi connectivity index (χ0) is 14.2. The quantitative estimate of drug-likeness (QED) is 0.920. The standard InChI is InChI=1S/C16H21FN2O/c1-2-11-19-14(12-7-3-4-8-13(12)17)18-16(15(19)20)9-5-6-10-16/h3-4,7-8,14,18H,2,5-6,9-11H2,1H3. The molecule has 1 aliphatic carbocycles. The molecule has 1 atom stereocenters. The van der Waals surface area contributed by atoms with Crippen molar-refractivity contribution in [2.24, 2.45) is 0 Å². The fourth-order valence-corrected chi connectivity index (χ4v) is 3.54. The number of hydrogen-bond donors (Lipinski definition) is 1. The number of halogens is 1. The molecule has 2 fully saturated rings. The molecule has 0 aromatic heterocycles. The van der Waals surface area contributed by atoms with E-state index in [0.29, 0.717) is 12.1 Å². The Balaban J connectivity index is 1.97. The summed E-state index contributed by atoms with van der Waals surface area (Å²) in [6.45, 7) is 2.72. The van der Waals surface area contributed by atoms with Crippen LogP contribution in [0.1, 0.15) is 50.8 Å².